The van der Waals surface area contributed by atoms with E-state index < -0.39 is 0 Å². The normalized spacial score (nSPS) is 22.7. The Morgan fingerprint density at radius 2 is 2.11 bits per heavy atom. The summed E-state index contributed by atoms with van der Waals surface area (Å²) >= 11 is 0. The Morgan fingerprint density at radius 1 is 1.39 bits per heavy atom. The summed E-state index contributed by atoms with van der Waals surface area (Å²) in [6, 6.07) is 0.230. The van der Waals surface area contributed by atoms with Crippen LogP contribution in [0, 0.1) is 5.92 Å². The molecule has 2 rings (SSSR count). The number of aliphatic hydroxyl groups excluding tert-OH is 1. The molecule has 0 saturated heterocycles. The fourth-order valence-electron chi connectivity index (χ4n) is 1.82. The van der Waals surface area contributed by atoms with Gasteiger partial charge >= 0.3 is 6.01 Å². The van der Waals surface area contributed by atoms with Gasteiger partial charge in [-0.3, -0.25) is 0 Å². The zero-order chi connectivity index (χ0) is 13.1. The van der Waals surface area contributed by atoms with Crippen LogP contribution in [0.1, 0.15) is 26.7 Å². The van der Waals surface area contributed by atoms with E-state index in [-0.39, 0.29) is 24.2 Å². The van der Waals surface area contributed by atoms with Gasteiger partial charge in [-0.05, 0) is 32.6 Å². The van der Waals surface area contributed by atoms with E-state index in [0.29, 0.717) is 11.9 Å². The molecule has 0 amide bonds. The van der Waals surface area contributed by atoms with Gasteiger partial charge in [0.1, 0.15) is 0 Å². The van der Waals surface area contributed by atoms with Crippen LogP contribution in [0.3, 0.4) is 0 Å². The van der Waals surface area contributed by atoms with Gasteiger partial charge in [0, 0.05) is 6.54 Å². The standard InChI is InChI=1S/C11H19N5O2/c1-6(2)18-11-15-9(12)14-10(16-11)13-5-7-3-8(17)4-7/h6-8,17H,3-5H2,1-2H3,(H3,12,13,14,15,16). The predicted octanol–water partition coefficient (Wildman–Crippen LogP) is 0.424. The number of hydrogen-bond acceptors (Lipinski definition) is 7. The third-order valence-corrected chi connectivity index (χ3v) is 2.73. The highest BCUT2D eigenvalue weighted by Crippen LogP contribution is 2.27. The Labute approximate surface area is 106 Å². The van der Waals surface area contributed by atoms with Gasteiger partial charge in [-0.15, -0.1) is 0 Å². The van der Waals surface area contributed by atoms with E-state index in [4.69, 9.17) is 10.5 Å². The van der Waals surface area contributed by atoms with E-state index in [1.807, 2.05) is 13.8 Å². The molecule has 0 radical (unpaired) electrons. The van der Waals surface area contributed by atoms with Crippen LogP contribution in [0.25, 0.3) is 0 Å². The number of aliphatic hydroxyl groups is 1. The third kappa shape index (κ3) is 3.43. The van der Waals surface area contributed by atoms with Gasteiger partial charge in [0.25, 0.3) is 0 Å². The van der Waals surface area contributed by atoms with E-state index in [2.05, 4.69) is 20.3 Å². The van der Waals surface area contributed by atoms with E-state index in [0.717, 1.165) is 19.4 Å². The molecule has 1 aromatic rings. The molecule has 0 atom stereocenters. The molecule has 0 bridgehead atoms. The van der Waals surface area contributed by atoms with Crippen molar-refractivity contribution in [1.82, 2.24) is 15.0 Å². The van der Waals surface area contributed by atoms with Crippen molar-refractivity contribution in [2.24, 2.45) is 5.92 Å². The summed E-state index contributed by atoms with van der Waals surface area (Å²) < 4.78 is 5.38. The Balaban J connectivity index is 1.92. The minimum absolute atomic E-state index is 0.0126. The molecular weight excluding hydrogens is 234 g/mol. The zero-order valence-electron chi connectivity index (χ0n) is 10.6. The third-order valence-electron chi connectivity index (χ3n) is 2.73. The number of nitrogens with two attached hydrogens (primary N) is 1. The average molecular weight is 253 g/mol. The second-order valence-corrected chi connectivity index (χ2v) is 4.84. The first-order valence-corrected chi connectivity index (χ1v) is 6.13. The maximum Gasteiger partial charge on any atom is 0.323 e. The molecule has 1 fully saturated rings. The van der Waals surface area contributed by atoms with Gasteiger partial charge in [0.2, 0.25) is 11.9 Å². The summed E-state index contributed by atoms with van der Waals surface area (Å²) in [6.07, 6.45) is 1.48. The molecule has 0 aliphatic heterocycles. The number of aromatic nitrogens is 3. The second kappa shape index (κ2) is 5.34. The molecule has 1 heterocycles. The largest absolute Gasteiger partial charge is 0.461 e. The molecule has 18 heavy (non-hydrogen) atoms. The van der Waals surface area contributed by atoms with Crippen LogP contribution < -0.4 is 15.8 Å². The van der Waals surface area contributed by atoms with E-state index in [9.17, 15) is 5.11 Å². The van der Waals surface area contributed by atoms with Crippen LogP contribution in [-0.2, 0) is 0 Å². The molecule has 0 unspecified atom stereocenters. The number of nitrogens with one attached hydrogen (secondary N) is 1. The number of nitrogen functional groups attached to an aromatic ring is 1. The summed E-state index contributed by atoms with van der Waals surface area (Å²) in [7, 11) is 0. The lowest BCUT2D eigenvalue weighted by Crippen LogP contribution is -2.33. The number of nitrogens with zero attached hydrogens (tertiary/aromatic N) is 3. The summed E-state index contributed by atoms with van der Waals surface area (Å²) in [5.74, 6) is 1.02. The van der Waals surface area contributed by atoms with Gasteiger partial charge in [-0.2, -0.15) is 15.0 Å². The van der Waals surface area contributed by atoms with E-state index >= 15 is 0 Å². The van der Waals surface area contributed by atoms with Crippen molar-refractivity contribution >= 4 is 11.9 Å². The monoisotopic (exact) mass is 253 g/mol. The van der Waals surface area contributed by atoms with Gasteiger partial charge in [0.15, 0.2) is 0 Å². The summed E-state index contributed by atoms with van der Waals surface area (Å²) in [5, 5.41) is 12.3. The van der Waals surface area contributed by atoms with Crippen molar-refractivity contribution in [3.05, 3.63) is 0 Å². The molecule has 4 N–H and O–H groups in total. The molecule has 1 aliphatic carbocycles. The Hall–Kier alpha value is -1.63. The summed E-state index contributed by atoms with van der Waals surface area (Å²) in [4.78, 5) is 12.0. The van der Waals surface area contributed by atoms with Crippen molar-refractivity contribution in [1.29, 1.82) is 0 Å². The molecule has 7 nitrogen and oxygen atoms in total. The fraction of sp³-hybridized carbons (Fsp3) is 0.727. The van der Waals surface area contributed by atoms with E-state index in [1.54, 1.807) is 0 Å². The maximum atomic E-state index is 9.19. The highest BCUT2D eigenvalue weighted by molar-refractivity contribution is 5.32. The molecule has 7 heteroatoms. The topological polar surface area (TPSA) is 106 Å². The zero-order valence-corrected chi connectivity index (χ0v) is 10.6. The molecular formula is C11H19N5O2. The average Bonchev–Trinajstić information content (AvgIpc) is 2.21. The SMILES string of the molecule is CC(C)Oc1nc(N)nc(NCC2CC(O)C2)n1. The van der Waals surface area contributed by atoms with Crippen LogP contribution in [-0.4, -0.2) is 38.8 Å². The quantitative estimate of drug-likeness (QED) is 0.698. The molecule has 0 aromatic carbocycles. The number of ether oxygens (including phenoxy) is 1. The molecule has 1 saturated carbocycles. The lowest BCUT2D eigenvalue weighted by atomic mass is 9.82. The Morgan fingerprint density at radius 3 is 2.72 bits per heavy atom. The second-order valence-electron chi connectivity index (χ2n) is 4.84. The van der Waals surface area contributed by atoms with Crippen LogP contribution in [0.5, 0.6) is 6.01 Å². The number of rotatable bonds is 5. The highest BCUT2D eigenvalue weighted by Gasteiger charge is 2.26. The fourth-order valence-corrected chi connectivity index (χ4v) is 1.82. The van der Waals surface area contributed by atoms with Crippen molar-refractivity contribution < 1.29 is 9.84 Å². The smallest absolute Gasteiger partial charge is 0.323 e. The van der Waals surface area contributed by atoms with Gasteiger partial charge in [-0.1, -0.05) is 0 Å². The summed E-state index contributed by atoms with van der Waals surface area (Å²) in [5.41, 5.74) is 5.59. The van der Waals surface area contributed by atoms with Crippen LogP contribution in [0.2, 0.25) is 0 Å². The highest BCUT2D eigenvalue weighted by atomic mass is 16.5. The molecule has 1 aliphatic rings. The first-order valence-electron chi connectivity index (χ1n) is 6.13. The van der Waals surface area contributed by atoms with Gasteiger partial charge in [-0.25, -0.2) is 0 Å². The lowest BCUT2D eigenvalue weighted by molar-refractivity contribution is 0.0486. The van der Waals surface area contributed by atoms with Crippen LogP contribution in [0.15, 0.2) is 0 Å². The minimum Gasteiger partial charge on any atom is -0.461 e. The van der Waals surface area contributed by atoms with Crippen LogP contribution in [0.4, 0.5) is 11.9 Å². The lowest BCUT2D eigenvalue weighted by Gasteiger charge is -2.31. The summed E-state index contributed by atoms with van der Waals surface area (Å²) in [6.45, 7) is 4.51. The van der Waals surface area contributed by atoms with Crippen molar-refractivity contribution in [3.8, 4) is 6.01 Å². The Bertz CT molecular complexity index is 406. The number of hydrogen-bond donors (Lipinski definition) is 3. The number of anilines is 2. The van der Waals surface area contributed by atoms with E-state index in [1.165, 1.54) is 0 Å². The molecule has 0 spiro atoms. The Kier molecular flexibility index (Phi) is 3.81. The first-order chi connectivity index (χ1) is 8.52. The molecule has 100 valence electrons. The maximum absolute atomic E-state index is 9.19. The molecule has 1 aromatic heterocycles. The van der Waals surface area contributed by atoms with Crippen molar-refractivity contribution in [3.63, 3.8) is 0 Å². The van der Waals surface area contributed by atoms with Gasteiger partial charge in [0.05, 0.1) is 12.2 Å². The van der Waals surface area contributed by atoms with Gasteiger partial charge < -0.3 is 20.9 Å². The predicted molar refractivity (Wildman–Crippen MR) is 67.2 cm³/mol. The van der Waals surface area contributed by atoms with Crippen molar-refractivity contribution in [2.75, 3.05) is 17.6 Å². The first kappa shape index (κ1) is 12.8. The minimum atomic E-state index is -0.153. The van der Waals surface area contributed by atoms with Crippen LogP contribution >= 0.6 is 0 Å². The van der Waals surface area contributed by atoms with Crippen molar-refractivity contribution in [2.45, 2.75) is 38.9 Å².